The van der Waals surface area contributed by atoms with Gasteiger partial charge in [-0.1, -0.05) is 15.9 Å². The Labute approximate surface area is 160 Å². The van der Waals surface area contributed by atoms with Crippen molar-refractivity contribution in [2.24, 2.45) is 0 Å². The van der Waals surface area contributed by atoms with Crippen molar-refractivity contribution in [2.75, 3.05) is 41.8 Å². The van der Waals surface area contributed by atoms with Gasteiger partial charge in [-0.05, 0) is 42.5 Å². The first-order valence-corrected chi connectivity index (χ1v) is 9.13. The van der Waals surface area contributed by atoms with Crippen LogP contribution in [0.4, 0.5) is 17.1 Å². The minimum atomic E-state index is -0.202. The Morgan fingerprint density at radius 3 is 2.38 bits per heavy atom. The van der Waals surface area contributed by atoms with E-state index in [0.717, 1.165) is 28.9 Å². The van der Waals surface area contributed by atoms with Crippen LogP contribution in [0.1, 0.15) is 17.3 Å². The molecule has 1 aliphatic rings. The summed E-state index contributed by atoms with van der Waals surface area (Å²) >= 11 is 3.46. The number of benzene rings is 2. The van der Waals surface area contributed by atoms with Gasteiger partial charge < -0.3 is 20.3 Å². The predicted octanol–water partition coefficient (Wildman–Crippen LogP) is 3.50. The summed E-state index contributed by atoms with van der Waals surface area (Å²) in [6.45, 7) is 4.37. The van der Waals surface area contributed by atoms with E-state index >= 15 is 0 Å². The molecule has 2 amide bonds. The first-order valence-electron chi connectivity index (χ1n) is 8.34. The molecule has 26 heavy (non-hydrogen) atoms. The molecular weight excluding hydrogens is 398 g/mol. The SMILES string of the molecule is CC(=O)Nc1ccc(C(=O)Nc2cc(Br)ccc2N2CCOCC2)cc1. The number of nitrogens with one attached hydrogen (secondary N) is 2. The smallest absolute Gasteiger partial charge is 0.255 e. The molecule has 2 aromatic carbocycles. The Hall–Kier alpha value is -2.38. The number of nitrogens with zero attached hydrogens (tertiary/aromatic N) is 1. The third kappa shape index (κ3) is 4.62. The summed E-state index contributed by atoms with van der Waals surface area (Å²) in [5, 5.41) is 5.67. The molecule has 2 aromatic rings. The second kappa shape index (κ2) is 8.33. The van der Waals surface area contributed by atoms with E-state index in [2.05, 4.69) is 31.5 Å². The fourth-order valence-corrected chi connectivity index (χ4v) is 3.15. The van der Waals surface area contributed by atoms with Crippen molar-refractivity contribution in [1.29, 1.82) is 0 Å². The van der Waals surface area contributed by atoms with E-state index in [-0.39, 0.29) is 11.8 Å². The van der Waals surface area contributed by atoms with Crippen molar-refractivity contribution in [2.45, 2.75) is 6.92 Å². The number of carbonyl (C=O) groups excluding carboxylic acids is 2. The minimum absolute atomic E-state index is 0.147. The largest absolute Gasteiger partial charge is 0.378 e. The van der Waals surface area contributed by atoms with E-state index in [1.165, 1.54) is 6.92 Å². The number of ether oxygens (including phenoxy) is 1. The molecule has 0 spiro atoms. The van der Waals surface area contributed by atoms with Crippen LogP contribution in [-0.2, 0) is 9.53 Å². The zero-order valence-corrected chi connectivity index (χ0v) is 16.0. The average molecular weight is 418 g/mol. The second-order valence-corrected chi connectivity index (χ2v) is 6.89. The Morgan fingerprint density at radius 1 is 1.04 bits per heavy atom. The summed E-state index contributed by atoms with van der Waals surface area (Å²) in [5.41, 5.74) is 2.90. The van der Waals surface area contributed by atoms with E-state index < -0.39 is 0 Å². The van der Waals surface area contributed by atoms with Gasteiger partial charge >= 0.3 is 0 Å². The molecule has 1 saturated heterocycles. The second-order valence-electron chi connectivity index (χ2n) is 5.97. The lowest BCUT2D eigenvalue weighted by Gasteiger charge is -2.30. The average Bonchev–Trinajstić information content (AvgIpc) is 2.62. The third-order valence-corrected chi connectivity index (χ3v) is 4.52. The number of hydrogen-bond acceptors (Lipinski definition) is 4. The molecule has 6 nitrogen and oxygen atoms in total. The number of anilines is 3. The van der Waals surface area contributed by atoms with Crippen molar-refractivity contribution in [3.8, 4) is 0 Å². The topological polar surface area (TPSA) is 70.7 Å². The standard InChI is InChI=1S/C19H20BrN3O3/c1-13(24)21-16-5-2-14(3-6-16)19(25)22-17-12-15(20)4-7-18(17)23-8-10-26-11-9-23/h2-7,12H,8-11H2,1H3,(H,21,24)(H,22,25). The molecule has 1 heterocycles. The minimum Gasteiger partial charge on any atom is -0.378 e. The first-order chi connectivity index (χ1) is 12.5. The fourth-order valence-electron chi connectivity index (χ4n) is 2.79. The van der Waals surface area contributed by atoms with Crippen LogP contribution in [0.15, 0.2) is 46.9 Å². The summed E-state index contributed by atoms with van der Waals surface area (Å²) in [6, 6.07) is 12.6. The molecule has 1 aliphatic heterocycles. The summed E-state index contributed by atoms with van der Waals surface area (Å²) in [5.74, 6) is -0.349. The highest BCUT2D eigenvalue weighted by Gasteiger charge is 2.17. The predicted molar refractivity (Wildman–Crippen MR) is 106 cm³/mol. The number of carbonyl (C=O) groups is 2. The molecule has 0 atom stereocenters. The van der Waals surface area contributed by atoms with Crippen molar-refractivity contribution in [3.05, 3.63) is 52.5 Å². The lowest BCUT2D eigenvalue weighted by molar-refractivity contribution is -0.114. The molecule has 0 bridgehead atoms. The number of rotatable bonds is 4. The monoisotopic (exact) mass is 417 g/mol. The van der Waals surface area contributed by atoms with Gasteiger partial charge in [-0.3, -0.25) is 9.59 Å². The highest BCUT2D eigenvalue weighted by Crippen LogP contribution is 2.30. The first kappa shape index (κ1) is 18.4. The maximum absolute atomic E-state index is 12.6. The van der Waals surface area contributed by atoms with Crippen LogP contribution in [0, 0.1) is 0 Å². The zero-order chi connectivity index (χ0) is 18.5. The van der Waals surface area contributed by atoms with Crippen molar-refractivity contribution in [3.63, 3.8) is 0 Å². The summed E-state index contributed by atoms with van der Waals surface area (Å²) < 4.78 is 6.30. The van der Waals surface area contributed by atoms with Gasteiger partial charge in [-0.25, -0.2) is 0 Å². The molecule has 0 radical (unpaired) electrons. The maximum atomic E-state index is 12.6. The quantitative estimate of drug-likeness (QED) is 0.798. The number of halogens is 1. The van der Waals surface area contributed by atoms with Crippen LogP contribution in [-0.4, -0.2) is 38.1 Å². The lowest BCUT2D eigenvalue weighted by Crippen LogP contribution is -2.36. The Bertz CT molecular complexity index is 802. The summed E-state index contributed by atoms with van der Waals surface area (Å²) in [6.07, 6.45) is 0. The lowest BCUT2D eigenvalue weighted by atomic mass is 10.1. The highest BCUT2D eigenvalue weighted by atomic mass is 79.9. The third-order valence-electron chi connectivity index (χ3n) is 4.03. The van der Waals surface area contributed by atoms with E-state index in [1.54, 1.807) is 24.3 Å². The number of hydrogen-bond donors (Lipinski definition) is 2. The molecule has 3 rings (SSSR count). The van der Waals surface area contributed by atoms with E-state index in [1.807, 2.05) is 18.2 Å². The van der Waals surface area contributed by atoms with Crippen LogP contribution >= 0.6 is 15.9 Å². The highest BCUT2D eigenvalue weighted by molar-refractivity contribution is 9.10. The van der Waals surface area contributed by atoms with Crippen LogP contribution in [0.25, 0.3) is 0 Å². The molecule has 0 saturated carbocycles. The van der Waals surface area contributed by atoms with Crippen LogP contribution in [0.5, 0.6) is 0 Å². The van der Waals surface area contributed by atoms with Gasteiger partial charge in [0.2, 0.25) is 5.91 Å². The van der Waals surface area contributed by atoms with Gasteiger partial charge in [0.05, 0.1) is 24.6 Å². The van der Waals surface area contributed by atoms with Crippen LogP contribution in [0.2, 0.25) is 0 Å². The molecule has 0 aromatic heterocycles. The molecule has 136 valence electrons. The Kier molecular flexibility index (Phi) is 5.90. The maximum Gasteiger partial charge on any atom is 0.255 e. The van der Waals surface area contributed by atoms with Gasteiger partial charge in [0, 0.05) is 35.7 Å². The van der Waals surface area contributed by atoms with Gasteiger partial charge in [-0.2, -0.15) is 0 Å². The molecular formula is C19H20BrN3O3. The zero-order valence-electron chi connectivity index (χ0n) is 14.4. The van der Waals surface area contributed by atoms with Gasteiger partial charge in [0.15, 0.2) is 0 Å². The van der Waals surface area contributed by atoms with Crippen molar-refractivity contribution >= 4 is 44.8 Å². The molecule has 0 aliphatic carbocycles. The van der Waals surface area contributed by atoms with Gasteiger partial charge in [0.1, 0.15) is 0 Å². The normalized spacial score (nSPS) is 14.0. The van der Waals surface area contributed by atoms with Crippen molar-refractivity contribution in [1.82, 2.24) is 0 Å². The summed E-state index contributed by atoms with van der Waals surface area (Å²) in [7, 11) is 0. The molecule has 7 heteroatoms. The van der Waals surface area contributed by atoms with Gasteiger partial charge in [0.25, 0.3) is 5.91 Å². The van der Waals surface area contributed by atoms with E-state index in [4.69, 9.17) is 4.74 Å². The van der Waals surface area contributed by atoms with E-state index in [0.29, 0.717) is 24.5 Å². The molecule has 1 fully saturated rings. The molecule has 2 N–H and O–H groups in total. The summed E-state index contributed by atoms with van der Waals surface area (Å²) in [4.78, 5) is 25.9. The molecule has 0 unspecified atom stereocenters. The van der Waals surface area contributed by atoms with E-state index in [9.17, 15) is 9.59 Å². The van der Waals surface area contributed by atoms with Gasteiger partial charge in [-0.15, -0.1) is 0 Å². The van der Waals surface area contributed by atoms with Crippen molar-refractivity contribution < 1.29 is 14.3 Å². The Balaban J connectivity index is 1.78. The fraction of sp³-hybridized carbons (Fsp3) is 0.263. The van der Waals surface area contributed by atoms with Crippen LogP contribution in [0.3, 0.4) is 0 Å². The Morgan fingerprint density at radius 2 is 1.73 bits per heavy atom. The van der Waals surface area contributed by atoms with Crippen LogP contribution < -0.4 is 15.5 Å². The number of amides is 2. The number of morpholine rings is 1.